The van der Waals surface area contributed by atoms with E-state index in [1.807, 2.05) is 60.7 Å². The zero-order valence-corrected chi connectivity index (χ0v) is 21.6. The van der Waals surface area contributed by atoms with Crippen molar-refractivity contribution in [1.29, 1.82) is 5.41 Å². The van der Waals surface area contributed by atoms with E-state index in [4.69, 9.17) is 20.6 Å². The molecule has 4 aromatic rings. The molecule has 8 nitrogen and oxygen atoms in total. The minimum absolute atomic E-state index is 0.0414. The third kappa shape index (κ3) is 7.15. The molecule has 4 aromatic carbocycles. The van der Waals surface area contributed by atoms with Crippen molar-refractivity contribution in [2.45, 2.75) is 18.7 Å². The van der Waals surface area contributed by atoms with E-state index in [0.29, 0.717) is 34.9 Å². The number of hydrogen-bond donors (Lipinski definition) is 5. The second-order valence-electron chi connectivity index (χ2n) is 8.91. The van der Waals surface area contributed by atoms with Gasteiger partial charge in [0.15, 0.2) is 11.5 Å². The first-order valence-corrected chi connectivity index (χ1v) is 12.5. The van der Waals surface area contributed by atoms with E-state index in [0.717, 1.165) is 11.1 Å². The SMILES string of the molecule is COc1cc([C@H](Nc2ccc(C(=N)N)cc2)C(=O)N[C@@H](CO)c2ccccc2)ccc1OCc1ccccc1. The molecule has 0 bridgehead atoms. The van der Waals surface area contributed by atoms with Crippen molar-refractivity contribution in [1.82, 2.24) is 5.32 Å². The van der Waals surface area contributed by atoms with Gasteiger partial charge >= 0.3 is 0 Å². The zero-order valence-electron chi connectivity index (χ0n) is 21.6. The maximum atomic E-state index is 13.7. The number of aliphatic hydroxyl groups excluding tert-OH is 1. The van der Waals surface area contributed by atoms with Crippen LogP contribution >= 0.6 is 0 Å². The Morgan fingerprint density at radius 3 is 2.18 bits per heavy atom. The number of benzene rings is 4. The number of hydrogen-bond acceptors (Lipinski definition) is 6. The van der Waals surface area contributed by atoms with E-state index in [1.54, 1.807) is 49.6 Å². The van der Waals surface area contributed by atoms with Gasteiger partial charge in [0.25, 0.3) is 0 Å². The topological polar surface area (TPSA) is 130 Å². The molecule has 0 saturated heterocycles. The Labute approximate surface area is 227 Å². The first kappa shape index (κ1) is 27.2. The van der Waals surface area contributed by atoms with Crippen molar-refractivity contribution in [3.63, 3.8) is 0 Å². The summed E-state index contributed by atoms with van der Waals surface area (Å²) < 4.78 is 11.6. The van der Waals surface area contributed by atoms with Crippen LogP contribution in [0.3, 0.4) is 0 Å². The van der Waals surface area contributed by atoms with Crippen molar-refractivity contribution < 1.29 is 19.4 Å². The summed E-state index contributed by atoms with van der Waals surface area (Å²) in [7, 11) is 1.55. The molecule has 39 heavy (non-hydrogen) atoms. The fourth-order valence-corrected chi connectivity index (χ4v) is 4.11. The fourth-order valence-electron chi connectivity index (χ4n) is 4.11. The van der Waals surface area contributed by atoms with Crippen LogP contribution in [-0.2, 0) is 11.4 Å². The lowest BCUT2D eigenvalue weighted by Crippen LogP contribution is -2.37. The fraction of sp³-hybridized carbons (Fsp3) is 0.161. The highest BCUT2D eigenvalue weighted by Crippen LogP contribution is 2.33. The third-order valence-electron chi connectivity index (χ3n) is 6.23. The van der Waals surface area contributed by atoms with E-state index in [1.165, 1.54) is 0 Å². The molecule has 0 heterocycles. The zero-order chi connectivity index (χ0) is 27.6. The van der Waals surface area contributed by atoms with Gasteiger partial charge in [0.1, 0.15) is 18.5 Å². The Morgan fingerprint density at radius 2 is 1.56 bits per heavy atom. The van der Waals surface area contributed by atoms with Crippen molar-refractivity contribution in [2.75, 3.05) is 19.0 Å². The average Bonchev–Trinajstić information content (AvgIpc) is 2.98. The van der Waals surface area contributed by atoms with Gasteiger partial charge in [-0.05, 0) is 53.1 Å². The molecular weight excluding hydrogens is 492 g/mol. The Balaban J connectivity index is 1.61. The quantitative estimate of drug-likeness (QED) is 0.136. The summed E-state index contributed by atoms with van der Waals surface area (Å²) in [5.41, 5.74) is 9.27. The predicted molar refractivity (Wildman–Crippen MR) is 152 cm³/mol. The Morgan fingerprint density at radius 1 is 0.897 bits per heavy atom. The van der Waals surface area contributed by atoms with Crippen LogP contribution in [0.2, 0.25) is 0 Å². The summed E-state index contributed by atoms with van der Waals surface area (Å²) in [5, 5.41) is 23.9. The number of carbonyl (C=O) groups excluding carboxylic acids is 1. The molecule has 200 valence electrons. The number of methoxy groups -OCH3 is 1. The molecule has 6 N–H and O–H groups in total. The molecule has 0 saturated carbocycles. The van der Waals surface area contributed by atoms with Crippen LogP contribution in [0, 0.1) is 5.41 Å². The van der Waals surface area contributed by atoms with Gasteiger partial charge in [-0.3, -0.25) is 10.2 Å². The lowest BCUT2D eigenvalue weighted by molar-refractivity contribution is -0.123. The number of ether oxygens (including phenoxy) is 2. The van der Waals surface area contributed by atoms with E-state index < -0.39 is 12.1 Å². The number of amides is 1. The monoisotopic (exact) mass is 524 g/mol. The number of nitrogens with two attached hydrogens (primary N) is 1. The normalized spacial score (nSPS) is 12.2. The molecule has 4 rings (SSSR count). The number of nitrogen functional groups attached to an aromatic ring is 1. The number of rotatable bonds is 12. The summed E-state index contributed by atoms with van der Waals surface area (Å²) in [6.45, 7) is 0.113. The minimum Gasteiger partial charge on any atom is -0.493 e. The molecule has 0 aliphatic rings. The van der Waals surface area contributed by atoms with Gasteiger partial charge in [0.05, 0.1) is 19.8 Å². The standard InChI is InChI=1S/C31H32N4O4/c1-38-28-18-24(14-17-27(28)39-20-21-8-4-2-5-9-21)29(34-25-15-12-23(13-16-25)30(32)33)31(37)35-26(19-36)22-10-6-3-7-11-22/h2-18,26,29,34,36H,19-20H2,1H3,(H3,32,33)(H,35,37)/t26-,29-/m0/s1. The first-order valence-electron chi connectivity index (χ1n) is 12.5. The Hall–Kier alpha value is -4.82. The minimum atomic E-state index is -0.831. The first-order chi connectivity index (χ1) is 19.0. The largest absolute Gasteiger partial charge is 0.493 e. The molecule has 0 radical (unpaired) electrons. The summed E-state index contributed by atoms with van der Waals surface area (Å²) in [6.07, 6.45) is 0. The van der Waals surface area contributed by atoms with Gasteiger partial charge in [-0.1, -0.05) is 66.7 Å². The van der Waals surface area contributed by atoms with Gasteiger partial charge in [-0.15, -0.1) is 0 Å². The number of amidine groups is 1. The number of anilines is 1. The van der Waals surface area contributed by atoms with Crippen LogP contribution in [0.5, 0.6) is 11.5 Å². The third-order valence-corrected chi connectivity index (χ3v) is 6.23. The van der Waals surface area contributed by atoms with Crippen LogP contribution < -0.4 is 25.8 Å². The molecule has 2 atom stereocenters. The molecule has 0 fully saturated rings. The van der Waals surface area contributed by atoms with E-state index >= 15 is 0 Å². The van der Waals surface area contributed by atoms with Crippen molar-refractivity contribution in [3.8, 4) is 11.5 Å². The van der Waals surface area contributed by atoms with E-state index in [-0.39, 0.29) is 18.3 Å². The molecule has 0 aliphatic carbocycles. The van der Waals surface area contributed by atoms with Gasteiger partial charge < -0.3 is 30.9 Å². The summed E-state index contributed by atoms with van der Waals surface area (Å²) in [5.74, 6) is 0.651. The van der Waals surface area contributed by atoms with Crippen LogP contribution in [0.1, 0.15) is 34.3 Å². The highest BCUT2D eigenvalue weighted by molar-refractivity contribution is 5.95. The predicted octanol–water partition coefficient (Wildman–Crippen LogP) is 4.56. The molecule has 0 aromatic heterocycles. The highest BCUT2D eigenvalue weighted by Gasteiger charge is 2.25. The number of carbonyl (C=O) groups is 1. The maximum Gasteiger partial charge on any atom is 0.247 e. The molecule has 8 heteroatoms. The maximum absolute atomic E-state index is 13.7. The lowest BCUT2D eigenvalue weighted by Gasteiger charge is -2.24. The van der Waals surface area contributed by atoms with Crippen molar-refractivity contribution >= 4 is 17.4 Å². The Bertz CT molecular complexity index is 1380. The van der Waals surface area contributed by atoms with Gasteiger partial charge in [0.2, 0.25) is 5.91 Å². The smallest absolute Gasteiger partial charge is 0.247 e. The van der Waals surface area contributed by atoms with Crippen LogP contribution in [0.25, 0.3) is 0 Å². The average molecular weight is 525 g/mol. The Kier molecular flexibility index (Phi) is 9.16. The van der Waals surface area contributed by atoms with Gasteiger partial charge in [-0.25, -0.2) is 0 Å². The molecular formula is C31H32N4O4. The molecule has 1 amide bonds. The number of aliphatic hydroxyl groups is 1. The summed E-state index contributed by atoms with van der Waals surface area (Å²) in [4.78, 5) is 13.7. The summed E-state index contributed by atoms with van der Waals surface area (Å²) >= 11 is 0. The van der Waals surface area contributed by atoms with Crippen LogP contribution in [0.4, 0.5) is 5.69 Å². The van der Waals surface area contributed by atoms with Crippen LogP contribution in [0.15, 0.2) is 103 Å². The van der Waals surface area contributed by atoms with E-state index in [2.05, 4.69) is 10.6 Å². The van der Waals surface area contributed by atoms with E-state index in [9.17, 15) is 9.90 Å². The lowest BCUT2D eigenvalue weighted by atomic mass is 10.0. The molecule has 0 spiro atoms. The van der Waals surface area contributed by atoms with Gasteiger partial charge in [-0.2, -0.15) is 0 Å². The van der Waals surface area contributed by atoms with Crippen molar-refractivity contribution in [2.24, 2.45) is 5.73 Å². The molecule has 0 aliphatic heterocycles. The number of nitrogens with one attached hydrogen (secondary N) is 3. The second-order valence-corrected chi connectivity index (χ2v) is 8.91. The van der Waals surface area contributed by atoms with Gasteiger partial charge in [0, 0.05) is 11.3 Å². The van der Waals surface area contributed by atoms with Crippen molar-refractivity contribution in [3.05, 3.63) is 125 Å². The van der Waals surface area contributed by atoms with Crippen LogP contribution in [-0.4, -0.2) is 30.6 Å². The second kappa shape index (κ2) is 13.1. The molecule has 0 unspecified atom stereocenters. The summed E-state index contributed by atoms with van der Waals surface area (Å²) in [6, 6.07) is 30.0. The highest BCUT2D eigenvalue weighted by atomic mass is 16.5.